The highest BCUT2D eigenvalue weighted by Gasteiger charge is 2.08. The average Bonchev–Trinajstić information content (AvgIpc) is 3.15. The predicted octanol–water partition coefficient (Wildman–Crippen LogP) is 3.54. The molecule has 0 radical (unpaired) electrons. The molecule has 6 heteroatoms. The zero-order valence-corrected chi connectivity index (χ0v) is 14.9. The first-order valence-corrected chi connectivity index (χ1v) is 8.53. The van der Waals surface area contributed by atoms with Gasteiger partial charge in [0.25, 0.3) is 5.56 Å². The zero-order chi connectivity index (χ0) is 18.5. The number of furan rings is 1. The van der Waals surface area contributed by atoms with Crippen LogP contribution in [0.5, 0.6) is 0 Å². The molecule has 0 spiro atoms. The van der Waals surface area contributed by atoms with Gasteiger partial charge >= 0.3 is 0 Å². The summed E-state index contributed by atoms with van der Waals surface area (Å²) in [5.74, 6) is 0.528. The van der Waals surface area contributed by atoms with Crippen molar-refractivity contribution in [3.63, 3.8) is 0 Å². The fourth-order valence-corrected chi connectivity index (χ4v) is 2.65. The molecule has 0 aliphatic rings. The molecule has 0 aliphatic heterocycles. The maximum atomic E-state index is 12.2. The minimum atomic E-state index is -0.199. The number of hydrogen-bond donors (Lipinski definition) is 1. The van der Waals surface area contributed by atoms with Crippen molar-refractivity contribution >= 4 is 11.6 Å². The molecule has 6 nitrogen and oxygen atoms in total. The third-order valence-corrected chi connectivity index (χ3v) is 4.29. The number of amides is 1. The molecule has 0 aliphatic carbocycles. The van der Waals surface area contributed by atoms with Gasteiger partial charge in [-0.2, -0.15) is 5.10 Å². The van der Waals surface area contributed by atoms with Crippen molar-refractivity contribution in [3.05, 3.63) is 70.2 Å². The highest BCUT2D eigenvalue weighted by molar-refractivity contribution is 5.91. The van der Waals surface area contributed by atoms with Gasteiger partial charge in [0.15, 0.2) is 5.76 Å². The molecule has 0 bridgehead atoms. The van der Waals surface area contributed by atoms with E-state index in [2.05, 4.69) is 10.4 Å². The summed E-state index contributed by atoms with van der Waals surface area (Å²) in [6.45, 7) is 4.36. The van der Waals surface area contributed by atoms with Crippen LogP contribution >= 0.6 is 0 Å². The monoisotopic (exact) mass is 351 g/mol. The first-order valence-electron chi connectivity index (χ1n) is 8.53. The fourth-order valence-electron chi connectivity index (χ4n) is 2.65. The van der Waals surface area contributed by atoms with E-state index < -0.39 is 0 Å². The van der Waals surface area contributed by atoms with E-state index in [-0.39, 0.29) is 11.5 Å². The van der Waals surface area contributed by atoms with Crippen LogP contribution in [0.1, 0.15) is 24.0 Å². The number of rotatable bonds is 6. The van der Waals surface area contributed by atoms with Crippen LogP contribution in [0.3, 0.4) is 0 Å². The summed E-state index contributed by atoms with van der Waals surface area (Å²) in [7, 11) is 0. The molecule has 1 amide bonds. The average molecular weight is 351 g/mol. The van der Waals surface area contributed by atoms with Crippen molar-refractivity contribution in [3.8, 4) is 11.5 Å². The van der Waals surface area contributed by atoms with Crippen LogP contribution in [-0.4, -0.2) is 15.7 Å². The zero-order valence-electron chi connectivity index (χ0n) is 14.9. The van der Waals surface area contributed by atoms with Crippen LogP contribution in [0, 0.1) is 13.8 Å². The molecule has 134 valence electrons. The minimum absolute atomic E-state index is 0.0751. The minimum Gasteiger partial charge on any atom is -0.463 e. The number of hydrogen-bond acceptors (Lipinski definition) is 4. The van der Waals surface area contributed by atoms with Crippen molar-refractivity contribution in [1.29, 1.82) is 0 Å². The Morgan fingerprint density at radius 1 is 1.15 bits per heavy atom. The van der Waals surface area contributed by atoms with Gasteiger partial charge in [-0.25, -0.2) is 4.68 Å². The van der Waals surface area contributed by atoms with Crippen LogP contribution in [0.15, 0.2) is 57.9 Å². The largest absolute Gasteiger partial charge is 0.463 e. The van der Waals surface area contributed by atoms with Gasteiger partial charge in [0.1, 0.15) is 5.69 Å². The summed E-state index contributed by atoms with van der Waals surface area (Å²) >= 11 is 0. The van der Waals surface area contributed by atoms with Crippen LogP contribution in [0.2, 0.25) is 0 Å². The van der Waals surface area contributed by atoms with E-state index in [9.17, 15) is 9.59 Å². The van der Waals surface area contributed by atoms with Crippen LogP contribution in [0.4, 0.5) is 5.69 Å². The molecule has 3 aromatic rings. The second-order valence-electron chi connectivity index (χ2n) is 6.16. The molecule has 0 atom stereocenters. The summed E-state index contributed by atoms with van der Waals surface area (Å²) in [6.07, 6.45) is 2.39. The van der Waals surface area contributed by atoms with E-state index in [0.717, 1.165) is 16.8 Å². The lowest BCUT2D eigenvalue weighted by Gasteiger charge is -2.10. The number of carbonyl (C=O) groups is 1. The Labute approximate surface area is 151 Å². The number of aryl methyl sites for hydroxylation is 2. The Kier molecular flexibility index (Phi) is 5.31. The molecule has 1 aromatic carbocycles. The summed E-state index contributed by atoms with van der Waals surface area (Å²) in [6, 6.07) is 12.5. The van der Waals surface area contributed by atoms with Crippen LogP contribution in [0.25, 0.3) is 11.5 Å². The highest BCUT2D eigenvalue weighted by Crippen LogP contribution is 2.18. The van der Waals surface area contributed by atoms with Gasteiger partial charge < -0.3 is 9.73 Å². The van der Waals surface area contributed by atoms with Gasteiger partial charge in [-0.15, -0.1) is 0 Å². The molecule has 0 unspecified atom stereocenters. The normalized spacial score (nSPS) is 10.7. The van der Waals surface area contributed by atoms with E-state index in [1.807, 2.05) is 32.0 Å². The number of benzene rings is 1. The lowest BCUT2D eigenvalue weighted by atomic mass is 10.1. The number of anilines is 1. The molecule has 26 heavy (non-hydrogen) atoms. The smallest absolute Gasteiger partial charge is 0.266 e. The fraction of sp³-hybridized carbons (Fsp3) is 0.250. The summed E-state index contributed by atoms with van der Waals surface area (Å²) in [5.41, 5.74) is 3.41. The second kappa shape index (κ2) is 7.82. The molecule has 3 rings (SSSR count). The van der Waals surface area contributed by atoms with Crippen molar-refractivity contribution < 1.29 is 9.21 Å². The van der Waals surface area contributed by atoms with E-state index in [1.165, 1.54) is 10.7 Å². The third-order valence-electron chi connectivity index (χ3n) is 4.29. The molecular weight excluding hydrogens is 330 g/mol. The Hall–Kier alpha value is -3.15. The maximum absolute atomic E-state index is 12.2. The highest BCUT2D eigenvalue weighted by atomic mass is 16.3. The topological polar surface area (TPSA) is 77.1 Å². The number of nitrogens with zero attached hydrogens (tertiary/aromatic N) is 2. The van der Waals surface area contributed by atoms with E-state index in [0.29, 0.717) is 30.8 Å². The van der Waals surface area contributed by atoms with Gasteiger partial charge in [-0.05, 0) is 55.7 Å². The van der Waals surface area contributed by atoms with Crippen molar-refractivity contribution in [2.45, 2.75) is 33.2 Å². The molecule has 1 N–H and O–H groups in total. The van der Waals surface area contributed by atoms with E-state index in [1.54, 1.807) is 24.5 Å². The van der Waals surface area contributed by atoms with Gasteiger partial charge in [-0.1, -0.05) is 12.1 Å². The Balaban J connectivity index is 1.59. The Morgan fingerprint density at radius 3 is 2.77 bits per heavy atom. The Morgan fingerprint density at radius 2 is 2.00 bits per heavy atom. The van der Waals surface area contributed by atoms with Crippen LogP contribution in [-0.2, 0) is 11.3 Å². The number of nitrogens with one attached hydrogen (secondary N) is 1. The predicted molar refractivity (Wildman–Crippen MR) is 100.0 cm³/mol. The van der Waals surface area contributed by atoms with Gasteiger partial charge in [-0.3, -0.25) is 9.59 Å². The third kappa shape index (κ3) is 4.08. The summed E-state index contributed by atoms with van der Waals surface area (Å²) in [4.78, 5) is 24.1. The second-order valence-corrected chi connectivity index (χ2v) is 6.16. The maximum Gasteiger partial charge on any atom is 0.266 e. The lowest BCUT2D eigenvalue weighted by Crippen LogP contribution is -2.23. The molecular formula is C20H21N3O3. The standard InChI is InChI=1S/C20H21N3O3/c1-14-6-3-7-16(15(14)2)21-19(24)9-4-12-23-20(25)11-10-17(22-23)18-8-5-13-26-18/h3,5-8,10-11,13H,4,9,12H2,1-2H3,(H,21,24). The molecule has 2 aromatic heterocycles. The number of aromatic nitrogens is 2. The molecule has 2 heterocycles. The Bertz CT molecular complexity index is 959. The molecule has 0 fully saturated rings. The first-order chi connectivity index (χ1) is 12.5. The van der Waals surface area contributed by atoms with Gasteiger partial charge in [0.2, 0.25) is 5.91 Å². The number of carbonyl (C=O) groups excluding carboxylic acids is 1. The van der Waals surface area contributed by atoms with Crippen molar-refractivity contribution in [2.24, 2.45) is 0 Å². The van der Waals surface area contributed by atoms with Crippen molar-refractivity contribution in [1.82, 2.24) is 9.78 Å². The van der Waals surface area contributed by atoms with E-state index in [4.69, 9.17) is 4.42 Å². The molecule has 0 saturated heterocycles. The summed E-state index contributed by atoms with van der Waals surface area (Å²) < 4.78 is 6.67. The quantitative estimate of drug-likeness (QED) is 0.737. The van der Waals surface area contributed by atoms with Gasteiger partial charge in [0, 0.05) is 24.7 Å². The summed E-state index contributed by atoms with van der Waals surface area (Å²) in [5, 5.41) is 7.22. The van der Waals surface area contributed by atoms with Crippen molar-refractivity contribution in [2.75, 3.05) is 5.32 Å². The van der Waals surface area contributed by atoms with Crippen LogP contribution < -0.4 is 10.9 Å². The van der Waals surface area contributed by atoms with Gasteiger partial charge in [0.05, 0.1) is 6.26 Å². The molecule has 0 saturated carbocycles. The lowest BCUT2D eigenvalue weighted by molar-refractivity contribution is -0.116. The first kappa shape index (κ1) is 17.7. The van der Waals surface area contributed by atoms with E-state index >= 15 is 0 Å². The SMILES string of the molecule is Cc1cccc(NC(=O)CCCn2nc(-c3ccco3)ccc2=O)c1C.